The van der Waals surface area contributed by atoms with E-state index in [0.717, 1.165) is 16.9 Å². The maximum absolute atomic E-state index is 11.9. The Balaban J connectivity index is 1.62. The number of hydrogen-bond acceptors (Lipinski definition) is 4. The Kier molecular flexibility index (Phi) is 4.10. The lowest BCUT2D eigenvalue weighted by Gasteiger charge is -2.11. The third-order valence-corrected chi connectivity index (χ3v) is 3.37. The van der Waals surface area contributed by atoms with E-state index in [1.54, 1.807) is 6.08 Å². The molecule has 0 aliphatic carbocycles. The van der Waals surface area contributed by atoms with E-state index in [1.165, 1.54) is 6.08 Å². The summed E-state index contributed by atoms with van der Waals surface area (Å²) in [5.41, 5.74) is 1.82. The van der Waals surface area contributed by atoms with Gasteiger partial charge in [-0.05, 0) is 36.3 Å². The molecule has 0 fully saturated rings. The van der Waals surface area contributed by atoms with Gasteiger partial charge in [-0.2, -0.15) is 0 Å². The second kappa shape index (κ2) is 6.35. The standard InChI is InChI=1S/C18H16O4/c1-13(15-5-3-2-4-6-15)22-18(19)10-8-14-7-9-16-17(11-14)21-12-20-16/h2-11,13H,12H2,1H3/b10-8+/t13-/m0/s1. The van der Waals surface area contributed by atoms with Crippen LogP contribution in [0, 0.1) is 0 Å². The van der Waals surface area contributed by atoms with Gasteiger partial charge in [-0.3, -0.25) is 0 Å². The Morgan fingerprint density at radius 3 is 2.73 bits per heavy atom. The van der Waals surface area contributed by atoms with E-state index in [4.69, 9.17) is 14.2 Å². The van der Waals surface area contributed by atoms with Gasteiger partial charge in [0.15, 0.2) is 11.5 Å². The summed E-state index contributed by atoms with van der Waals surface area (Å²) in [7, 11) is 0. The van der Waals surface area contributed by atoms with Crippen LogP contribution in [-0.2, 0) is 9.53 Å². The van der Waals surface area contributed by atoms with Gasteiger partial charge in [-0.25, -0.2) is 4.79 Å². The van der Waals surface area contributed by atoms with Gasteiger partial charge in [-0.15, -0.1) is 0 Å². The number of carbonyl (C=O) groups excluding carboxylic acids is 1. The van der Waals surface area contributed by atoms with Crippen molar-refractivity contribution in [1.82, 2.24) is 0 Å². The van der Waals surface area contributed by atoms with E-state index >= 15 is 0 Å². The minimum absolute atomic E-state index is 0.235. The van der Waals surface area contributed by atoms with E-state index in [1.807, 2.05) is 55.5 Å². The second-order valence-corrected chi connectivity index (χ2v) is 4.94. The Morgan fingerprint density at radius 2 is 1.91 bits per heavy atom. The van der Waals surface area contributed by atoms with E-state index < -0.39 is 0 Å². The molecule has 0 saturated carbocycles. The SMILES string of the molecule is C[C@H](OC(=O)/C=C/c1ccc2c(c1)OCO2)c1ccccc1. The van der Waals surface area contributed by atoms with Crippen LogP contribution in [-0.4, -0.2) is 12.8 Å². The van der Waals surface area contributed by atoms with Crippen molar-refractivity contribution in [2.75, 3.05) is 6.79 Å². The first-order valence-electron chi connectivity index (χ1n) is 7.05. The lowest BCUT2D eigenvalue weighted by atomic mass is 10.1. The Labute approximate surface area is 128 Å². The minimum atomic E-state index is -0.381. The first-order chi connectivity index (χ1) is 10.7. The van der Waals surface area contributed by atoms with Crippen LogP contribution in [0.4, 0.5) is 0 Å². The zero-order valence-corrected chi connectivity index (χ0v) is 12.2. The van der Waals surface area contributed by atoms with E-state index in [9.17, 15) is 4.79 Å². The number of fused-ring (bicyclic) bond motifs is 1. The zero-order chi connectivity index (χ0) is 15.4. The fourth-order valence-electron chi connectivity index (χ4n) is 2.19. The molecule has 0 aromatic heterocycles. The summed E-state index contributed by atoms with van der Waals surface area (Å²) in [5, 5.41) is 0. The summed E-state index contributed by atoms with van der Waals surface area (Å²) >= 11 is 0. The number of ether oxygens (including phenoxy) is 3. The number of hydrogen-bond donors (Lipinski definition) is 0. The molecule has 2 aromatic carbocycles. The van der Waals surface area contributed by atoms with Gasteiger partial charge in [-0.1, -0.05) is 36.4 Å². The van der Waals surface area contributed by atoms with Gasteiger partial charge in [0.1, 0.15) is 6.10 Å². The van der Waals surface area contributed by atoms with Crippen molar-refractivity contribution < 1.29 is 19.0 Å². The molecule has 3 rings (SSSR count). The molecule has 1 heterocycles. The maximum atomic E-state index is 11.9. The number of esters is 1. The van der Waals surface area contributed by atoms with Crippen molar-refractivity contribution >= 4 is 12.0 Å². The van der Waals surface area contributed by atoms with Crippen LogP contribution >= 0.6 is 0 Å². The topological polar surface area (TPSA) is 44.8 Å². The third-order valence-electron chi connectivity index (χ3n) is 3.37. The molecule has 4 nitrogen and oxygen atoms in total. The average Bonchev–Trinajstić information content (AvgIpc) is 3.01. The van der Waals surface area contributed by atoms with Gasteiger partial charge < -0.3 is 14.2 Å². The highest BCUT2D eigenvalue weighted by molar-refractivity contribution is 5.87. The van der Waals surface area contributed by atoms with Crippen LogP contribution in [0.3, 0.4) is 0 Å². The molecule has 2 aromatic rings. The summed E-state index contributed by atoms with van der Waals surface area (Å²) < 4.78 is 15.9. The molecule has 4 heteroatoms. The van der Waals surface area contributed by atoms with Crippen molar-refractivity contribution in [3.05, 3.63) is 65.7 Å². The second-order valence-electron chi connectivity index (χ2n) is 4.94. The maximum Gasteiger partial charge on any atom is 0.331 e. The number of carbonyl (C=O) groups is 1. The van der Waals surface area contributed by atoms with Crippen molar-refractivity contribution in [2.45, 2.75) is 13.0 Å². The van der Waals surface area contributed by atoms with E-state index in [2.05, 4.69) is 0 Å². The van der Waals surface area contributed by atoms with Gasteiger partial charge >= 0.3 is 5.97 Å². The van der Waals surface area contributed by atoms with Gasteiger partial charge in [0.25, 0.3) is 0 Å². The van der Waals surface area contributed by atoms with Gasteiger partial charge in [0.05, 0.1) is 0 Å². The summed E-state index contributed by atoms with van der Waals surface area (Å²) in [4.78, 5) is 11.9. The Hall–Kier alpha value is -2.75. The highest BCUT2D eigenvalue weighted by Gasteiger charge is 2.13. The zero-order valence-electron chi connectivity index (χ0n) is 12.2. The van der Waals surface area contributed by atoms with Crippen LogP contribution in [0.15, 0.2) is 54.6 Å². The van der Waals surface area contributed by atoms with Crippen molar-refractivity contribution in [1.29, 1.82) is 0 Å². The summed E-state index contributed by atoms with van der Waals surface area (Å²) in [6, 6.07) is 15.1. The summed E-state index contributed by atoms with van der Waals surface area (Å²) in [6.07, 6.45) is 2.83. The first-order valence-corrected chi connectivity index (χ1v) is 7.05. The quantitative estimate of drug-likeness (QED) is 0.637. The van der Waals surface area contributed by atoms with Crippen LogP contribution in [0.2, 0.25) is 0 Å². The third kappa shape index (κ3) is 3.28. The average molecular weight is 296 g/mol. The van der Waals surface area contributed by atoms with Crippen molar-refractivity contribution in [3.63, 3.8) is 0 Å². The molecule has 0 unspecified atom stereocenters. The van der Waals surface area contributed by atoms with Crippen LogP contribution < -0.4 is 9.47 Å². The lowest BCUT2D eigenvalue weighted by Crippen LogP contribution is -2.05. The molecule has 0 N–H and O–H groups in total. The molecule has 0 amide bonds. The fourth-order valence-corrected chi connectivity index (χ4v) is 2.19. The molecule has 0 saturated heterocycles. The summed E-state index contributed by atoms with van der Waals surface area (Å²) in [5.74, 6) is 1.03. The van der Waals surface area contributed by atoms with Crippen LogP contribution in [0.1, 0.15) is 24.2 Å². The molecule has 112 valence electrons. The predicted octanol–water partition coefficient (Wildman–Crippen LogP) is 3.73. The van der Waals surface area contributed by atoms with Crippen LogP contribution in [0.5, 0.6) is 11.5 Å². The number of rotatable bonds is 4. The lowest BCUT2D eigenvalue weighted by molar-refractivity contribution is -0.142. The smallest absolute Gasteiger partial charge is 0.331 e. The van der Waals surface area contributed by atoms with E-state index in [-0.39, 0.29) is 18.9 Å². The number of benzene rings is 2. The van der Waals surface area contributed by atoms with E-state index in [0.29, 0.717) is 5.75 Å². The summed E-state index contributed by atoms with van der Waals surface area (Å²) in [6.45, 7) is 2.08. The monoisotopic (exact) mass is 296 g/mol. The fraction of sp³-hybridized carbons (Fsp3) is 0.167. The largest absolute Gasteiger partial charge is 0.455 e. The predicted molar refractivity (Wildman–Crippen MR) is 82.5 cm³/mol. The Bertz CT molecular complexity index is 691. The molecule has 0 spiro atoms. The van der Waals surface area contributed by atoms with Gasteiger partial charge in [0.2, 0.25) is 6.79 Å². The highest BCUT2D eigenvalue weighted by atomic mass is 16.7. The Morgan fingerprint density at radius 1 is 1.14 bits per heavy atom. The first kappa shape index (κ1) is 14.2. The molecule has 0 bridgehead atoms. The van der Waals surface area contributed by atoms with Crippen molar-refractivity contribution in [2.24, 2.45) is 0 Å². The normalized spacial score (nSPS) is 14.0. The van der Waals surface area contributed by atoms with Crippen LogP contribution in [0.25, 0.3) is 6.08 Å². The molecule has 1 aliphatic heterocycles. The van der Waals surface area contributed by atoms with Crippen molar-refractivity contribution in [3.8, 4) is 11.5 Å². The molecule has 0 radical (unpaired) electrons. The molecule has 1 aliphatic rings. The highest BCUT2D eigenvalue weighted by Crippen LogP contribution is 2.32. The van der Waals surface area contributed by atoms with Gasteiger partial charge in [0, 0.05) is 6.08 Å². The minimum Gasteiger partial charge on any atom is -0.455 e. The molecule has 1 atom stereocenters. The molecule has 22 heavy (non-hydrogen) atoms. The molecular formula is C18H16O4. The molecular weight excluding hydrogens is 280 g/mol.